The molecule has 1 saturated heterocycles. The van der Waals surface area contributed by atoms with Gasteiger partial charge in [-0.05, 0) is 18.1 Å². The maximum absolute atomic E-state index is 12.4. The van der Waals surface area contributed by atoms with Crippen molar-refractivity contribution in [2.24, 2.45) is 0 Å². The van der Waals surface area contributed by atoms with E-state index in [-0.39, 0.29) is 11.5 Å². The molecule has 2 aromatic rings. The number of morpholine rings is 1. The number of rotatable bonds is 7. The van der Waals surface area contributed by atoms with Crippen molar-refractivity contribution in [1.29, 1.82) is 0 Å². The van der Waals surface area contributed by atoms with E-state index < -0.39 is 5.63 Å². The van der Waals surface area contributed by atoms with E-state index in [1.807, 2.05) is 18.2 Å². The normalized spacial score (nSPS) is 15.1. The molecule has 1 fully saturated rings. The number of nitrogens with one attached hydrogen (secondary N) is 2. The van der Waals surface area contributed by atoms with E-state index in [1.165, 1.54) is 4.90 Å². The quantitative estimate of drug-likeness (QED) is 0.431. The first-order valence-electron chi connectivity index (χ1n) is 9.05. The number of quaternary nitrogens is 1. The Morgan fingerprint density at radius 2 is 2.12 bits per heavy atom. The third kappa shape index (κ3) is 4.39. The molecule has 0 atom stereocenters. The number of benzene rings is 1. The predicted molar refractivity (Wildman–Crippen MR) is 99.7 cm³/mol. The fourth-order valence-electron chi connectivity index (χ4n) is 3.23. The van der Waals surface area contributed by atoms with E-state index in [0.717, 1.165) is 50.2 Å². The Hall–Kier alpha value is -2.44. The van der Waals surface area contributed by atoms with Crippen molar-refractivity contribution in [1.82, 2.24) is 5.32 Å². The SMILES string of the molecule is C=CCc1cccc2cc(C(=O)NCCC[NH+]3CCOCC3)c(=O)oc12. The lowest BCUT2D eigenvalue weighted by Gasteiger charge is -2.23. The summed E-state index contributed by atoms with van der Waals surface area (Å²) in [6.07, 6.45) is 3.23. The van der Waals surface area contributed by atoms with Crippen LogP contribution in [0, 0.1) is 0 Å². The maximum Gasteiger partial charge on any atom is 0.349 e. The minimum absolute atomic E-state index is 0.0481. The topological polar surface area (TPSA) is 73.0 Å². The van der Waals surface area contributed by atoms with Gasteiger partial charge >= 0.3 is 5.63 Å². The molecule has 6 heteroatoms. The standard InChI is InChI=1S/C20H24N2O4/c1-2-5-15-6-3-7-16-14-17(20(24)26-18(15)16)19(23)21-8-4-9-22-10-12-25-13-11-22/h2-3,6-7,14H,1,4-5,8-13H2,(H,21,23)/p+1. The van der Waals surface area contributed by atoms with Gasteiger partial charge in [0.25, 0.3) is 5.91 Å². The number of ether oxygens (including phenoxy) is 1. The fourth-order valence-corrected chi connectivity index (χ4v) is 3.23. The minimum Gasteiger partial charge on any atom is -0.422 e. The number of allylic oxidation sites excluding steroid dienone is 1. The summed E-state index contributed by atoms with van der Waals surface area (Å²) >= 11 is 0. The molecule has 1 aliphatic heterocycles. The Kier molecular flexibility index (Phi) is 6.20. The van der Waals surface area contributed by atoms with Crippen molar-refractivity contribution in [3.05, 3.63) is 58.5 Å². The fraction of sp³-hybridized carbons (Fsp3) is 0.400. The van der Waals surface area contributed by atoms with Crippen molar-refractivity contribution in [3.63, 3.8) is 0 Å². The van der Waals surface area contributed by atoms with Crippen molar-refractivity contribution < 1.29 is 18.8 Å². The van der Waals surface area contributed by atoms with E-state index in [4.69, 9.17) is 9.15 Å². The lowest BCUT2D eigenvalue weighted by Crippen LogP contribution is -3.14. The summed E-state index contributed by atoms with van der Waals surface area (Å²) in [4.78, 5) is 26.1. The maximum atomic E-state index is 12.4. The summed E-state index contributed by atoms with van der Waals surface area (Å²) in [6, 6.07) is 7.22. The zero-order valence-electron chi connectivity index (χ0n) is 14.9. The van der Waals surface area contributed by atoms with E-state index in [1.54, 1.807) is 12.1 Å². The van der Waals surface area contributed by atoms with Crippen molar-refractivity contribution >= 4 is 16.9 Å². The first-order chi connectivity index (χ1) is 12.7. The summed E-state index contributed by atoms with van der Waals surface area (Å²) in [5.41, 5.74) is 0.845. The summed E-state index contributed by atoms with van der Waals surface area (Å²) in [6.45, 7) is 8.86. The van der Waals surface area contributed by atoms with Gasteiger partial charge in [0.15, 0.2) is 0 Å². The molecule has 6 nitrogen and oxygen atoms in total. The van der Waals surface area contributed by atoms with Gasteiger partial charge in [-0.3, -0.25) is 4.79 Å². The molecule has 0 unspecified atom stereocenters. The molecule has 0 bridgehead atoms. The van der Waals surface area contributed by atoms with E-state index in [0.29, 0.717) is 18.5 Å². The lowest BCUT2D eigenvalue weighted by molar-refractivity contribution is -0.908. The van der Waals surface area contributed by atoms with Crippen LogP contribution in [0.1, 0.15) is 22.3 Å². The number of para-hydroxylation sites is 1. The van der Waals surface area contributed by atoms with Gasteiger partial charge in [0.2, 0.25) is 0 Å². The van der Waals surface area contributed by atoms with Crippen molar-refractivity contribution in [2.75, 3.05) is 39.4 Å². The third-order valence-corrected chi connectivity index (χ3v) is 4.64. The highest BCUT2D eigenvalue weighted by atomic mass is 16.5. The van der Waals surface area contributed by atoms with Gasteiger partial charge in [-0.2, -0.15) is 0 Å². The second kappa shape index (κ2) is 8.78. The molecule has 0 saturated carbocycles. The van der Waals surface area contributed by atoms with Crippen LogP contribution in [-0.2, 0) is 11.2 Å². The van der Waals surface area contributed by atoms with Crippen LogP contribution in [0.5, 0.6) is 0 Å². The minimum atomic E-state index is -0.606. The van der Waals surface area contributed by atoms with Gasteiger partial charge in [-0.15, -0.1) is 6.58 Å². The largest absolute Gasteiger partial charge is 0.422 e. The van der Waals surface area contributed by atoms with Crippen LogP contribution in [-0.4, -0.2) is 45.3 Å². The molecule has 0 radical (unpaired) electrons. The van der Waals surface area contributed by atoms with E-state index in [2.05, 4.69) is 11.9 Å². The molecule has 138 valence electrons. The molecule has 0 spiro atoms. The predicted octanol–water partition coefficient (Wildman–Crippen LogP) is 0.557. The average Bonchev–Trinajstić information content (AvgIpc) is 2.66. The summed E-state index contributed by atoms with van der Waals surface area (Å²) < 4.78 is 10.7. The van der Waals surface area contributed by atoms with Crippen LogP contribution in [0.3, 0.4) is 0 Å². The second-order valence-electron chi connectivity index (χ2n) is 6.50. The highest BCUT2D eigenvalue weighted by Gasteiger charge is 2.16. The van der Waals surface area contributed by atoms with Crippen molar-refractivity contribution in [3.8, 4) is 0 Å². The Labute approximate surface area is 152 Å². The number of amides is 1. The van der Waals surface area contributed by atoms with Gasteiger partial charge in [-0.25, -0.2) is 4.79 Å². The zero-order valence-corrected chi connectivity index (χ0v) is 14.9. The zero-order chi connectivity index (χ0) is 18.4. The van der Waals surface area contributed by atoms with Crippen LogP contribution in [0.25, 0.3) is 11.0 Å². The van der Waals surface area contributed by atoms with Gasteiger partial charge < -0.3 is 19.4 Å². The van der Waals surface area contributed by atoms with Gasteiger partial charge in [0.1, 0.15) is 24.2 Å². The summed E-state index contributed by atoms with van der Waals surface area (Å²) in [5, 5.41) is 3.57. The highest BCUT2D eigenvalue weighted by Crippen LogP contribution is 2.19. The molecular weight excluding hydrogens is 332 g/mol. The summed E-state index contributed by atoms with van der Waals surface area (Å²) in [5.74, 6) is -0.383. The smallest absolute Gasteiger partial charge is 0.349 e. The van der Waals surface area contributed by atoms with E-state index >= 15 is 0 Å². The average molecular weight is 357 g/mol. The first-order valence-corrected chi connectivity index (χ1v) is 9.05. The van der Waals surface area contributed by atoms with E-state index in [9.17, 15) is 9.59 Å². The molecule has 1 aliphatic rings. The number of carbonyl (C=O) groups is 1. The molecule has 1 amide bonds. The molecular formula is C20H25N2O4+. The van der Waals surface area contributed by atoms with Crippen LogP contribution < -0.4 is 15.8 Å². The Balaban J connectivity index is 1.63. The third-order valence-electron chi connectivity index (χ3n) is 4.64. The molecule has 0 aliphatic carbocycles. The monoisotopic (exact) mass is 357 g/mol. The number of hydrogen-bond acceptors (Lipinski definition) is 4. The van der Waals surface area contributed by atoms with Crippen LogP contribution >= 0.6 is 0 Å². The molecule has 2 heterocycles. The Bertz CT molecular complexity index is 837. The molecule has 1 aromatic heterocycles. The molecule has 2 N–H and O–H groups in total. The van der Waals surface area contributed by atoms with Crippen LogP contribution in [0.2, 0.25) is 0 Å². The Morgan fingerprint density at radius 3 is 2.88 bits per heavy atom. The number of carbonyl (C=O) groups excluding carboxylic acids is 1. The Morgan fingerprint density at radius 1 is 1.31 bits per heavy atom. The van der Waals surface area contributed by atoms with Gasteiger partial charge in [-0.1, -0.05) is 24.3 Å². The number of fused-ring (bicyclic) bond motifs is 1. The first kappa shape index (κ1) is 18.4. The lowest BCUT2D eigenvalue weighted by atomic mass is 10.1. The van der Waals surface area contributed by atoms with Crippen molar-refractivity contribution in [2.45, 2.75) is 12.8 Å². The van der Waals surface area contributed by atoms with Gasteiger partial charge in [0, 0.05) is 18.4 Å². The van der Waals surface area contributed by atoms with Crippen LogP contribution in [0.15, 0.2) is 46.1 Å². The van der Waals surface area contributed by atoms with Gasteiger partial charge in [0.05, 0.1) is 19.8 Å². The highest BCUT2D eigenvalue weighted by molar-refractivity contribution is 5.96. The number of hydrogen-bond donors (Lipinski definition) is 2. The molecule has 26 heavy (non-hydrogen) atoms. The second-order valence-corrected chi connectivity index (χ2v) is 6.50. The van der Waals surface area contributed by atoms with Crippen LogP contribution in [0.4, 0.5) is 0 Å². The molecule has 3 rings (SSSR count). The molecule has 1 aromatic carbocycles. The summed E-state index contributed by atoms with van der Waals surface area (Å²) in [7, 11) is 0.